The molecule has 5 heteroatoms. The summed E-state index contributed by atoms with van der Waals surface area (Å²) in [6.07, 6.45) is 2.03. The Morgan fingerprint density at radius 2 is 2.00 bits per heavy atom. The van der Waals surface area contributed by atoms with Crippen LogP contribution in [0.2, 0.25) is 0 Å². The van der Waals surface area contributed by atoms with Gasteiger partial charge >= 0.3 is 6.09 Å². The van der Waals surface area contributed by atoms with E-state index >= 15 is 0 Å². The van der Waals surface area contributed by atoms with Gasteiger partial charge in [0.25, 0.3) is 0 Å². The SMILES string of the molecule is O=C(O)N1CCC(Cc2ccc3c(c2)OCO3)CC1. The molecule has 2 aliphatic heterocycles. The molecule has 19 heavy (non-hydrogen) atoms. The lowest BCUT2D eigenvalue weighted by atomic mass is 9.90. The normalized spacial score (nSPS) is 18.6. The summed E-state index contributed by atoms with van der Waals surface area (Å²) < 4.78 is 10.7. The van der Waals surface area contributed by atoms with E-state index in [0.29, 0.717) is 25.8 Å². The molecular weight excluding hydrogens is 246 g/mol. The molecule has 5 nitrogen and oxygen atoms in total. The minimum absolute atomic E-state index is 0.301. The number of amides is 1. The number of benzene rings is 1. The van der Waals surface area contributed by atoms with E-state index in [4.69, 9.17) is 14.6 Å². The Morgan fingerprint density at radius 3 is 2.74 bits per heavy atom. The van der Waals surface area contributed by atoms with Crippen molar-refractivity contribution in [3.8, 4) is 11.5 Å². The van der Waals surface area contributed by atoms with Crippen LogP contribution in [0.1, 0.15) is 18.4 Å². The van der Waals surface area contributed by atoms with E-state index in [1.807, 2.05) is 12.1 Å². The Labute approximate surface area is 111 Å². The summed E-state index contributed by atoms with van der Waals surface area (Å²) in [5, 5.41) is 8.92. The molecule has 0 aromatic heterocycles. The highest BCUT2D eigenvalue weighted by Crippen LogP contribution is 2.33. The first-order valence-corrected chi connectivity index (χ1v) is 6.59. The van der Waals surface area contributed by atoms with Gasteiger partial charge in [0.2, 0.25) is 6.79 Å². The molecule has 0 bridgehead atoms. The van der Waals surface area contributed by atoms with Gasteiger partial charge in [-0.3, -0.25) is 0 Å². The van der Waals surface area contributed by atoms with Crippen molar-refractivity contribution in [2.45, 2.75) is 19.3 Å². The third kappa shape index (κ3) is 2.59. The Morgan fingerprint density at radius 1 is 1.26 bits per heavy atom. The van der Waals surface area contributed by atoms with Crippen LogP contribution < -0.4 is 9.47 Å². The Balaban J connectivity index is 1.59. The molecular formula is C14H17NO4. The van der Waals surface area contributed by atoms with Crippen molar-refractivity contribution in [2.75, 3.05) is 19.9 Å². The van der Waals surface area contributed by atoms with Gasteiger partial charge in [0.1, 0.15) is 0 Å². The molecule has 1 aromatic rings. The monoisotopic (exact) mass is 263 g/mol. The average molecular weight is 263 g/mol. The smallest absolute Gasteiger partial charge is 0.407 e. The van der Waals surface area contributed by atoms with Gasteiger partial charge in [-0.25, -0.2) is 4.79 Å². The first-order valence-electron chi connectivity index (χ1n) is 6.59. The molecule has 2 heterocycles. The number of ether oxygens (including phenoxy) is 2. The zero-order valence-corrected chi connectivity index (χ0v) is 10.7. The fourth-order valence-electron chi connectivity index (χ4n) is 2.73. The Hall–Kier alpha value is -1.91. The molecule has 102 valence electrons. The first-order chi connectivity index (χ1) is 9.22. The van der Waals surface area contributed by atoms with Gasteiger partial charge in [-0.1, -0.05) is 6.07 Å². The lowest BCUT2D eigenvalue weighted by Gasteiger charge is -2.30. The summed E-state index contributed by atoms with van der Waals surface area (Å²) in [7, 11) is 0. The molecule has 0 atom stereocenters. The van der Waals surface area contributed by atoms with Gasteiger partial charge in [0.15, 0.2) is 11.5 Å². The number of carbonyl (C=O) groups is 1. The maximum Gasteiger partial charge on any atom is 0.407 e. The molecule has 2 aliphatic rings. The van der Waals surface area contributed by atoms with Crippen LogP contribution in [0, 0.1) is 5.92 Å². The van der Waals surface area contributed by atoms with Crippen molar-refractivity contribution >= 4 is 6.09 Å². The second kappa shape index (κ2) is 4.99. The number of likely N-dealkylation sites (tertiary alicyclic amines) is 1. The zero-order valence-electron chi connectivity index (χ0n) is 10.7. The predicted molar refractivity (Wildman–Crippen MR) is 68.6 cm³/mol. The van der Waals surface area contributed by atoms with Crippen molar-refractivity contribution in [1.82, 2.24) is 4.90 Å². The standard InChI is InChI=1S/C14H17NO4/c16-14(17)15-5-3-10(4-6-15)7-11-1-2-12-13(8-11)19-9-18-12/h1-2,8,10H,3-7,9H2,(H,16,17). The molecule has 1 amide bonds. The van der Waals surface area contributed by atoms with Crippen molar-refractivity contribution in [1.29, 1.82) is 0 Å². The van der Waals surface area contributed by atoms with Crippen molar-refractivity contribution in [2.24, 2.45) is 5.92 Å². The lowest BCUT2D eigenvalue weighted by molar-refractivity contribution is 0.124. The molecule has 1 fully saturated rings. The number of carboxylic acid groups (broad SMARTS) is 1. The highest BCUT2D eigenvalue weighted by atomic mass is 16.7. The van der Waals surface area contributed by atoms with Crippen LogP contribution in [0.3, 0.4) is 0 Å². The Kier molecular flexibility index (Phi) is 3.19. The molecule has 3 rings (SSSR count). The fourth-order valence-corrected chi connectivity index (χ4v) is 2.73. The van der Waals surface area contributed by atoms with E-state index in [1.54, 1.807) is 0 Å². The molecule has 1 saturated heterocycles. The topological polar surface area (TPSA) is 59.0 Å². The van der Waals surface area contributed by atoms with Crippen LogP contribution in [0.4, 0.5) is 4.79 Å². The van der Waals surface area contributed by atoms with Crippen LogP contribution >= 0.6 is 0 Å². The van der Waals surface area contributed by atoms with E-state index in [1.165, 1.54) is 10.5 Å². The van der Waals surface area contributed by atoms with E-state index in [9.17, 15) is 4.79 Å². The van der Waals surface area contributed by atoms with Crippen molar-refractivity contribution < 1.29 is 19.4 Å². The number of piperidine rings is 1. The fraction of sp³-hybridized carbons (Fsp3) is 0.500. The minimum Gasteiger partial charge on any atom is -0.465 e. The van der Waals surface area contributed by atoms with Gasteiger partial charge in [-0.05, 0) is 42.9 Å². The summed E-state index contributed by atoms with van der Waals surface area (Å²) in [4.78, 5) is 12.3. The van der Waals surface area contributed by atoms with Gasteiger partial charge in [-0.15, -0.1) is 0 Å². The largest absolute Gasteiger partial charge is 0.465 e. The molecule has 0 spiro atoms. The van der Waals surface area contributed by atoms with Gasteiger partial charge < -0.3 is 19.5 Å². The second-order valence-electron chi connectivity index (χ2n) is 5.10. The molecule has 0 saturated carbocycles. The van der Waals surface area contributed by atoms with E-state index in [0.717, 1.165) is 30.8 Å². The average Bonchev–Trinajstić information content (AvgIpc) is 2.87. The maximum absolute atomic E-state index is 10.8. The first kappa shape index (κ1) is 12.1. The molecule has 0 aliphatic carbocycles. The maximum atomic E-state index is 10.8. The lowest BCUT2D eigenvalue weighted by Crippen LogP contribution is -2.37. The summed E-state index contributed by atoms with van der Waals surface area (Å²) in [5.74, 6) is 2.18. The third-order valence-electron chi connectivity index (χ3n) is 3.85. The van der Waals surface area contributed by atoms with Crippen molar-refractivity contribution in [3.05, 3.63) is 23.8 Å². The van der Waals surface area contributed by atoms with Crippen LogP contribution in [0.25, 0.3) is 0 Å². The number of hydrogen-bond acceptors (Lipinski definition) is 3. The van der Waals surface area contributed by atoms with Crippen LogP contribution in [0.15, 0.2) is 18.2 Å². The molecule has 0 unspecified atom stereocenters. The number of fused-ring (bicyclic) bond motifs is 1. The predicted octanol–water partition coefficient (Wildman–Crippen LogP) is 2.35. The summed E-state index contributed by atoms with van der Waals surface area (Å²) in [5.41, 5.74) is 1.23. The molecule has 1 N–H and O–H groups in total. The number of hydrogen-bond donors (Lipinski definition) is 1. The summed E-state index contributed by atoms with van der Waals surface area (Å²) in [6.45, 7) is 1.59. The highest BCUT2D eigenvalue weighted by molar-refractivity contribution is 5.65. The van der Waals surface area contributed by atoms with Crippen LogP contribution in [-0.4, -0.2) is 36.0 Å². The highest BCUT2D eigenvalue weighted by Gasteiger charge is 2.23. The van der Waals surface area contributed by atoms with E-state index in [2.05, 4.69) is 6.07 Å². The quantitative estimate of drug-likeness (QED) is 0.889. The Bertz CT molecular complexity index is 480. The molecule has 0 radical (unpaired) electrons. The summed E-state index contributed by atoms with van der Waals surface area (Å²) >= 11 is 0. The minimum atomic E-state index is -0.804. The van der Waals surface area contributed by atoms with Gasteiger partial charge in [-0.2, -0.15) is 0 Å². The number of rotatable bonds is 2. The third-order valence-corrected chi connectivity index (χ3v) is 3.85. The summed E-state index contributed by atoms with van der Waals surface area (Å²) in [6, 6.07) is 6.05. The van der Waals surface area contributed by atoms with Crippen molar-refractivity contribution in [3.63, 3.8) is 0 Å². The molecule has 1 aromatic carbocycles. The van der Waals surface area contributed by atoms with Crippen LogP contribution in [-0.2, 0) is 6.42 Å². The number of nitrogens with zero attached hydrogens (tertiary/aromatic N) is 1. The van der Waals surface area contributed by atoms with Gasteiger partial charge in [0.05, 0.1) is 0 Å². The van der Waals surface area contributed by atoms with E-state index < -0.39 is 6.09 Å². The van der Waals surface area contributed by atoms with Gasteiger partial charge in [0, 0.05) is 13.1 Å². The zero-order chi connectivity index (χ0) is 13.2. The van der Waals surface area contributed by atoms with E-state index in [-0.39, 0.29) is 0 Å². The second-order valence-corrected chi connectivity index (χ2v) is 5.10. The van der Waals surface area contributed by atoms with Crippen LogP contribution in [0.5, 0.6) is 11.5 Å².